The molecule has 3 rings (SSSR count). The maximum Gasteiger partial charge on any atom is 0.0646 e. The van der Waals surface area contributed by atoms with Gasteiger partial charge >= 0.3 is 0 Å². The molecule has 2 unspecified atom stereocenters. The molecule has 2 atom stereocenters. The number of rotatable bonds is 3. The summed E-state index contributed by atoms with van der Waals surface area (Å²) < 4.78 is 3.03. The van der Waals surface area contributed by atoms with E-state index in [1.54, 1.807) is 0 Å². The highest BCUT2D eigenvalue weighted by Gasteiger charge is 2.27. The van der Waals surface area contributed by atoms with Gasteiger partial charge in [0.15, 0.2) is 0 Å². The molecule has 112 valence electrons. The maximum atomic E-state index is 6.10. The molecule has 1 aromatic heterocycles. The van der Waals surface area contributed by atoms with Crippen LogP contribution in [-0.4, -0.2) is 33.8 Å². The van der Waals surface area contributed by atoms with Crippen LogP contribution in [0.3, 0.4) is 0 Å². The van der Waals surface area contributed by atoms with Gasteiger partial charge in [0, 0.05) is 41.9 Å². The van der Waals surface area contributed by atoms with Crippen LogP contribution in [-0.2, 0) is 6.54 Å². The average molecular weight is 349 g/mol. The summed E-state index contributed by atoms with van der Waals surface area (Å²) in [5.41, 5.74) is 9.55. The van der Waals surface area contributed by atoms with Gasteiger partial charge in [-0.25, -0.2) is 4.68 Å². The summed E-state index contributed by atoms with van der Waals surface area (Å²) in [6, 6.07) is 8.50. The van der Waals surface area contributed by atoms with E-state index in [2.05, 4.69) is 58.1 Å². The molecule has 1 aliphatic rings. The SMILES string of the molecule is Cc1nn(-c2ccc(Br)cc2)cc1CN1CC(C)C(N)C1. The molecular weight excluding hydrogens is 328 g/mol. The van der Waals surface area contributed by atoms with E-state index in [9.17, 15) is 0 Å². The van der Waals surface area contributed by atoms with Crippen LogP contribution in [0.4, 0.5) is 0 Å². The van der Waals surface area contributed by atoms with Crippen LogP contribution >= 0.6 is 15.9 Å². The zero-order chi connectivity index (χ0) is 15.0. The molecule has 2 N–H and O–H groups in total. The predicted molar refractivity (Wildman–Crippen MR) is 88.4 cm³/mol. The van der Waals surface area contributed by atoms with Crippen LogP contribution in [0.1, 0.15) is 18.2 Å². The average Bonchev–Trinajstić information content (AvgIpc) is 2.95. The molecule has 0 spiro atoms. The van der Waals surface area contributed by atoms with Gasteiger partial charge in [0.05, 0.1) is 11.4 Å². The molecule has 2 aromatic rings. The van der Waals surface area contributed by atoms with Crippen molar-refractivity contribution in [2.75, 3.05) is 13.1 Å². The van der Waals surface area contributed by atoms with Crippen LogP contribution in [0.5, 0.6) is 0 Å². The second-order valence-corrected chi connectivity index (χ2v) is 6.91. The zero-order valence-electron chi connectivity index (χ0n) is 12.5. The van der Waals surface area contributed by atoms with Crippen LogP contribution in [0.25, 0.3) is 5.69 Å². The number of hydrogen-bond acceptors (Lipinski definition) is 3. The van der Waals surface area contributed by atoms with Crippen molar-refractivity contribution in [3.63, 3.8) is 0 Å². The van der Waals surface area contributed by atoms with Gasteiger partial charge < -0.3 is 5.73 Å². The number of aromatic nitrogens is 2. The Bertz CT molecular complexity index is 610. The summed E-state index contributed by atoms with van der Waals surface area (Å²) in [5, 5.41) is 4.63. The number of likely N-dealkylation sites (tertiary alicyclic amines) is 1. The van der Waals surface area contributed by atoms with Gasteiger partial charge in [-0.2, -0.15) is 5.10 Å². The fourth-order valence-corrected chi connectivity index (χ4v) is 3.11. The van der Waals surface area contributed by atoms with E-state index in [-0.39, 0.29) is 0 Å². The zero-order valence-corrected chi connectivity index (χ0v) is 14.0. The molecule has 0 saturated carbocycles. The van der Waals surface area contributed by atoms with Gasteiger partial charge in [0.2, 0.25) is 0 Å². The van der Waals surface area contributed by atoms with Crippen molar-refractivity contribution in [3.05, 3.63) is 46.2 Å². The lowest BCUT2D eigenvalue weighted by Crippen LogP contribution is -2.28. The number of nitrogens with zero attached hydrogens (tertiary/aromatic N) is 3. The van der Waals surface area contributed by atoms with Crippen molar-refractivity contribution in [2.24, 2.45) is 11.7 Å². The Labute approximate surface area is 134 Å². The highest BCUT2D eigenvalue weighted by molar-refractivity contribution is 9.10. The van der Waals surface area contributed by atoms with E-state index in [0.29, 0.717) is 12.0 Å². The number of halogens is 1. The first-order valence-electron chi connectivity index (χ1n) is 7.32. The monoisotopic (exact) mass is 348 g/mol. The third-order valence-electron chi connectivity index (χ3n) is 4.23. The Balaban J connectivity index is 1.77. The topological polar surface area (TPSA) is 47.1 Å². The summed E-state index contributed by atoms with van der Waals surface area (Å²) in [6.07, 6.45) is 2.13. The molecule has 4 nitrogen and oxygen atoms in total. The largest absolute Gasteiger partial charge is 0.326 e. The smallest absolute Gasteiger partial charge is 0.0646 e. The first kappa shape index (κ1) is 14.8. The summed E-state index contributed by atoms with van der Waals surface area (Å²) in [6.45, 7) is 7.28. The van der Waals surface area contributed by atoms with Gasteiger partial charge in [-0.15, -0.1) is 0 Å². The Hall–Kier alpha value is -1.17. The fraction of sp³-hybridized carbons (Fsp3) is 0.438. The molecule has 0 radical (unpaired) electrons. The predicted octanol–water partition coefficient (Wildman–Crippen LogP) is 2.72. The molecule has 0 aliphatic carbocycles. The number of nitrogens with two attached hydrogens (primary N) is 1. The van der Waals surface area contributed by atoms with Crippen LogP contribution in [0.2, 0.25) is 0 Å². The number of hydrogen-bond donors (Lipinski definition) is 1. The van der Waals surface area contributed by atoms with Crippen molar-refractivity contribution in [1.29, 1.82) is 0 Å². The van der Waals surface area contributed by atoms with E-state index >= 15 is 0 Å². The summed E-state index contributed by atoms with van der Waals surface area (Å²) in [5.74, 6) is 0.576. The van der Waals surface area contributed by atoms with Crippen molar-refractivity contribution in [2.45, 2.75) is 26.4 Å². The van der Waals surface area contributed by atoms with Crippen LogP contribution in [0.15, 0.2) is 34.9 Å². The standard InChI is InChI=1S/C16H21BrN4/c1-11-7-20(10-16(11)18)8-13-9-21(19-12(13)2)15-5-3-14(17)4-6-15/h3-6,9,11,16H,7-8,10,18H2,1-2H3. The van der Waals surface area contributed by atoms with E-state index in [0.717, 1.165) is 35.5 Å². The molecule has 1 aliphatic heterocycles. The maximum absolute atomic E-state index is 6.10. The lowest BCUT2D eigenvalue weighted by atomic mass is 10.1. The normalized spacial score (nSPS) is 22.9. The molecule has 0 amide bonds. The molecule has 5 heteroatoms. The molecule has 2 heterocycles. The van der Waals surface area contributed by atoms with E-state index in [1.165, 1.54) is 5.56 Å². The van der Waals surface area contributed by atoms with Crippen molar-refractivity contribution < 1.29 is 0 Å². The summed E-state index contributed by atoms with van der Waals surface area (Å²) in [7, 11) is 0. The Morgan fingerprint density at radius 2 is 2.00 bits per heavy atom. The second kappa shape index (κ2) is 5.91. The lowest BCUT2D eigenvalue weighted by molar-refractivity contribution is 0.318. The van der Waals surface area contributed by atoms with Crippen molar-refractivity contribution in [3.8, 4) is 5.69 Å². The van der Waals surface area contributed by atoms with Gasteiger partial charge in [-0.05, 0) is 37.1 Å². The Kier molecular flexibility index (Phi) is 4.15. The molecule has 1 aromatic carbocycles. The summed E-state index contributed by atoms with van der Waals surface area (Å²) in [4.78, 5) is 2.42. The fourth-order valence-electron chi connectivity index (χ4n) is 2.84. The van der Waals surface area contributed by atoms with Gasteiger partial charge in [-0.1, -0.05) is 22.9 Å². The molecule has 1 saturated heterocycles. The quantitative estimate of drug-likeness (QED) is 0.927. The minimum absolute atomic E-state index is 0.298. The minimum Gasteiger partial charge on any atom is -0.326 e. The van der Waals surface area contributed by atoms with E-state index < -0.39 is 0 Å². The molecule has 21 heavy (non-hydrogen) atoms. The number of benzene rings is 1. The van der Waals surface area contributed by atoms with E-state index in [4.69, 9.17) is 5.73 Å². The van der Waals surface area contributed by atoms with Crippen LogP contribution in [0, 0.1) is 12.8 Å². The second-order valence-electron chi connectivity index (χ2n) is 6.00. The molecule has 0 bridgehead atoms. The van der Waals surface area contributed by atoms with Gasteiger partial charge in [-0.3, -0.25) is 4.90 Å². The van der Waals surface area contributed by atoms with Crippen molar-refractivity contribution in [1.82, 2.24) is 14.7 Å². The lowest BCUT2D eigenvalue weighted by Gasteiger charge is -2.14. The molecule has 1 fully saturated rings. The first-order chi connectivity index (χ1) is 10.0. The highest BCUT2D eigenvalue weighted by atomic mass is 79.9. The van der Waals surface area contributed by atoms with Gasteiger partial charge in [0.1, 0.15) is 0 Å². The Morgan fingerprint density at radius 1 is 1.29 bits per heavy atom. The highest BCUT2D eigenvalue weighted by Crippen LogP contribution is 2.20. The van der Waals surface area contributed by atoms with Crippen LogP contribution < -0.4 is 5.73 Å². The third kappa shape index (κ3) is 3.20. The number of aryl methyl sites for hydroxylation is 1. The summed E-state index contributed by atoms with van der Waals surface area (Å²) >= 11 is 3.46. The minimum atomic E-state index is 0.298. The van der Waals surface area contributed by atoms with E-state index in [1.807, 2.05) is 16.8 Å². The molecular formula is C16H21BrN4. The van der Waals surface area contributed by atoms with Crippen molar-refractivity contribution >= 4 is 15.9 Å². The first-order valence-corrected chi connectivity index (χ1v) is 8.11. The third-order valence-corrected chi connectivity index (χ3v) is 4.76. The van der Waals surface area contributed by atoms with Gasteiger partial charge in [0.25, 0.3) is 0 Å². The Morgan fingerprint density at radius 3 is 2.62 bits per heavy atom.